The summed E-state index contributed by atoms with van der Waals surface area (Å²) < 4.78 is 17.5. The van der Waals surface area contributed by atoms with Gasteiger partial charge in [-0.1, -0.05) is 0 Å². The van der Waals surface area contributed by atoms with Gasteiger partial charge < -0.3 is 30.8 Å². The number of rotatable bonds is 3. The molecule has 5 N–H and O–H groups in total. The molecule has 2 aliphatic rings. The summed E-state index contributed by atoms with van der Waals surface area (Å²) in [5.41, 5.74) is 12.2. The van der Waals surface area contributed by atoms with Crippen LogP contribution in [-0.2, 0) is 14.2 Å². The van der Waals surface area contributed by atoms with Gasteiger partial charge in [0, 0.05) is 5.56 Å². The topological polar surface area (TPSA) is 117 Å². The maximum absolute atomic E-state index is 11.3. The van der Waals surface area contributed by atoms with Crippen molar-refractivity contribution in [2.75, 3.05) is 12.3 Å². The van der Waals surface area contributed by atoms with E-state index in [4.69, 9.17) is 25.7 Å². The van der Waals surface area contributed by atoms with E-state index in [1.165, 1.54) is 11.3 Å². The van der Waals surface area contributed by atoms with Crippen molar-refractivity contribution in [2.45, 2.75) is 44.1 Å². The number of primary amides is 1. The van der Waals surface area contributed by atoms with Gasteiger partial charge in [-0.05, 0) is 19.2 Å². The van der Waals surface area contributed by atoms with Crippen LogP contribution in [0.3, 0.4) is 0 Å². The van der Waals surface area contributed by atoms with E-state index in [-0.39, 0.29) is 18.8 Å². The zero-order valence-corrected chi connectivity index (χ0v) is 12.6. The van der Waals surface area contributed by atoms with Crippen LogP contribution in [0.25, 0.3) is 0 Å². The standard InChI is InChI=1S/C13H18N2O5S/c1-13(2)19-9-6(3-16)18-8(10(9)20-13)5-4-21-11(7(5)14)12(15)17/h4,6,8-10,16H,3,14H2,1-2H3,(H2,15,17). The maximum Gasteiger partial charge on any atom is 0.260 e. The molecule has 0 spiro atoms. The first-order valence-corrected chi connectivity index (χ1v) is 7.50. The number of aliphatic hydroxyl groups is 1. The van der Waals surface area contributed by atoms with Crippen molar-refractivity contribution in [2.24, 2.45) is 5.73 Å². The van der Waals surface area contributed by atoms with Crippen molar-refractivity contribution in [1.82, 2.24) is 0 Å². The number of aliphatic hydroxyl groups excluding tert-OH is 1. The Morgan fingerprint density at radius 2 is 2.10 bits per heavy atom. The fraction of sp³-hybridized carbons (Fsp3) is 0.615. The number of hydrogen-bond acceptors (Lipinski definition) is 7. The van der Waals surface area contributed by atoms with Gasteiger partial charge in [-0.15, -0.1) is 11.3 Å². The third-order valence-corrected chi connectivity index (χ3v) is 4.75. The predicted molar refractivity (Wildman–Crippen MR) is 75.8 cm³/mol. The summed E-state index contributed by atoms with van der Waals surface area (Å²) in [6.45, 7) is 3.44. The van der Waals surface area contributed by atoms with E-state index in [1.807, 2.05) is 13.8 Å². The number of anilines is 1. The van der Waals surface area contributed by atoms with Gasteiger partial charge in [-0.25, -0.2) is 0 Å². The summed E-state index contributed by atoms with van der Waals surface area (Å²) in [5, 5.41) is 11.2. The molecule has 1 amide bonds. The molecule has 116 valence electrons. The number of nitrogens with two attached hydrogens (primary N) is 2. The second kappa shape index (κ2) is 4.92. The van der Waals surface area contributed by atoms with Crippen molar-refractivity contribution in [3.8, 4) is 0 Å². The Labute approximate surface area is 125 Å². The predicted octanol–water partition coefficient (Wildman–Crippen LogP) is 0.382. The normalized spacial score (nSPS) is 34.0. The van der Waals surface area contributed by atoms with Crippen LogP contribution in [0.5, 0.6) is 0 Å². The van der Waals surface area contributed by atoms with Crippen molar-refractivity contribution < 1.29 is 24.1 Å². The number of carbonyl (C=O) groups is 1. The van der Waals surface area contributed by atoms with E-state index in [2.05, 4.69) is 0 Å². The van der Waals surface area contributed by atoms with Crippen LogP contribution < -0.4 is 11.5 Å². The van der Waals surface area contributed by atoms with E-state index in [9.17, 15) is 9.90 Å². The lowest BCUT2D eigenvalue weighted by molar-refractivity contribution is -0.191. The van der Waals surface area contributed by atoms with E-state index >= 15 is 0 Å². The summed E-state index contributed by atoms with van der Waals surface area (Å²) in [5.74, 6) is -1.32. The lowest BCUT2D eigenvalue weighted by atomic mass is 10.0. The van der Waals surface area contributed by atoms with Crippen molar-refractivity contribution in [3.05, 3.63) is 15.8 Å². The third kappa shape index (κ3) is 2.33. The first-order valence-electron chi connectivity index (χ1n) is 6.62. The molecule has 1 aromatic heterocycles. The number of ether oxygens (including phenoxy) is 3. The Morgan fingerprint density at radius 1 is 1.43 bits per heavy atom. The maximum atomic E-state index is 11.3. The van der Waals surface area contributed by atoms with Gasteiger partial charge in [0.2, 0.25) is 0 Å². The molecule has 0 saturated carbocycles. The molecule has 1 aromatic rings. The molecule has 0 aromatic carbocycles. The molecule has 2 aliphatic heterocycles. The fourth-order valence-corrected chi connectivity index (χ4v) is 3.74. The number of fused-ring (bicyclic) bond motifs is 1. The first kappa shape index (κ1) is 14.7. The highest BCUT2D eigenvalue weighted by molar-refractivity contribution is 7.12. The van der Waals surface area contributed by atoms with E-state index in [0.717, 1.165) is 0 Å². The summed E-state index contributed by atoms with van der Waals surface area (Å²) >= 11 is 1.18. The number of nitrogen functional groups attached to an aromatic ring is 1. The minimum absolute atomic E-state index is 0.177. The molecular formula is C13H18N2O5S. The quantitative estimate of drug-likeness (QED) is 0.742. The lowest BCUT2D eigenvalue weighted by Gasteiger charge is -2.23. The first-order chi connectivity index (χ1) is 9.84. The van der Waals surface area contributed by atoms with Gasteiger partial charge in [0.1, 0.15) is 29.3 Å². The summed E-state index contributed by atoms with van der Waals surface area (Å²) in [6.07, 6.45) is -1.72. The second-order valence-electron chi connectivity index (χ2n) is 5.64. The molecule has 3 heterocycles. The molecule has 2 saturated heterocycles. The molecule has 0 radical (unpaired) electrons. The zero-order valence-electron chi connectivity index (χ0n) is 11.7. The van der Waals surface area contributed by atoms with Crippen LogP contribution in [0.15, 0.2) is 5.38 Å². The number of thiophene rings is 1. The van der Waals surface area contributed by atoms with Gasteiger partial charge >= 0.3 is 0 Å². The van der Waals surface area contributed by atoms with Crippen LogP contribution in [0.1, 0.15) is 35.2 Å². The molecule has 21 heavy (non-hydrogen) atoms. The third-order valence-electron chi connectivity index (χ3n) is 3.72. The van der Waals surface area contributed by atoms with Crippen LogP contribution >= 0.6 is 11.3 Å². The van der Waals surface area contributed by atoms with Crippen molar-refractivity contribution in [1.29, 1.82) is 0 Å². The van der Waals surface area contributed by atoms with Crippen molar-refractivity contribution >= 4 is 22.9 Å². The Kier molecular flexibility index (Phi) is 3.45. The highest BCUT2D eigenvalue weighted by Gasteiger charge is 2.55. The number of hydrogen-bond donors (Lipinski definition) is 3. The molecule has 0 bridgehead atoms. The zero-order chi connectivity index (χ0) is 15.4. The Morgan fingerprint density at radius 3 is 2.67 bits per heavy atom. The minimum atomic E-state index is -0.748. The number of amides is 1. The second-order valence-corrected chi connectivity index (χ2v) is 6.52. The van der Waals surface area contributed by atoms with Crippen LogP contribution in [0.4, 0.5) is 5.69 Å². The van der Waals surface area contributed by atoms with Crippen molar-refractivity contribution in [3.63, 3.8) is 0 Å². The molecule has 4 atom stereocenters. The molecule has 2 fully saturated rings. The largest absolute Gasteiger partial charge is 0.397 e. The lowest BCUT2D eigenvalue weighted by Crippen LogP contribution is -2.31. The smallest absolute Gasteiger partial charge is 0.260 e. The summed E-state index contributed by atoms with van der Waals surface area (Å²) in [7, 11) is 0. The number of carbonyl (C=O) groups excluding carboxylic acids is 1. The van der Waals surface area contributed by atoms with Gasteiger partial charge in [0.25, 0.3) is 5.91 Å². The SMILES string of the molecule is CC1(C)OC2C(CO)OC(c3csc(C(N)=O)c3N)C2O1. The molecule has 8 heteroatoms. The highest BCUT2D eigenvalue weighted by atomic mass is 32.1. The van der Waals surface area contributed by atoms with Gasteiger partial charge in [-0.3, -0.25) is 4.79 Å². The Balaban J connectivity index is 1.94. The van der Waals surface area contributed by atoms with Gasteiger partial charge in [0.15, 0.2) is 5.79 Å². The molecular weight excluding hydrogens is 296 g/mol. The Bertz CT molecular complexity index is 573. The Hall–Kier alpha value is -1.19. The highest BCUT2D eigenvalue weighted by Crippen LogP contribution is 2.47. The van der Waals surface area contributed by atoms with Gasteiger partial charge in [0.05, 0.1) is 12.3 Å². The average Bonchev–Trinajstić information content (AvgIpc) is 3.00. The summed E-state index contributed by atoms with van der Waals surface area (Å²) in [6, 6.07) is 0. The fourth-order valence-electron chi connectivity index (χ4n) is 2.87. The van der Waals surface area contributed by atoms with Crippen LogP contribution in [-0.4, -0.2) is 41.7 Å². The van der Waals surface area contributed by atoms with E-state index in [0.29, 0.717) is 16.1 Å². The molecule has 3 rings (SSSR count). The van der Waals surface area contributed by atoms with E-state index < -0.39 is 23.9 Å². The van der Waals surface area contributed by atoms with E-state index in [1.54, 1.807) is 5.38 Å². The van der Waals surface area contributed by atoms with Crippen LogP contribution in [0.2, 0.25) is 0 Å². The molecule has 7 nitrogen and oxygen atoms in total. The van der Waals surface area contributed by atoms with Gasteiger partial charge in [-0.2, -0.15) is 0 Å². The molecule has 4 unspecified atom stereocenters. The monoisotopic (exact) mass is 314 g/mol. The minimum Gasteiger partial charge on any atom is -0.397 e. The van der Waals surface area contributed by atoms with Crippen LogP contribution in [0, 0.1) is 0 Å². The molecule has 0 aliphatic carbocycles. The average molecular weight is 314 g/mol. The summed E-state index contributed by atoms with van der Waals surface area (Å²) in [4.78, 5) is 11.6.